The molecule has 6 nitrogen and oxygen atoms in total. The zero-order valence-electron chi connectivity index (χ0n) is 15.2. The molecule has 1 aromatic rings. The van der Waals surface area contributed by atoms with E-state index < -0.39 is 5.54 Å². The van der Waals surface area contributed by atoms with E-state index in [9.17, 15) is 9.59 Å². The van der Waals surface area contributed by atoms with Crippen molar-refractivity contribution in [1.82, 2.24) is 10.2 Å². The lowest BCUT2D eigenvalue weighted by Gasteiger charge is -2.47. The Bertz CT molecular complexity index is 638. The third-order valence-corrected chi connectivity index (χ3v) is 5.25. The third kappa shape index (κ3) is 3.30. The molecule has 25 heavy (non-hydrogen) atoms. The number of anilines is 2. The standard InChI is InChI=1S/C19H28N4O2/c1-3-5-12-20-18(25)22-13-10-19(11-14-22)17(24)23(4-2)16-9-7-6-8-15(16)21-19/h6-9,21H,3-5,10-14H2,1-2H3,(H,20,25). The molecule has 0 atom stereocenters. The molecule has 1 fully saturated rings. The maximum Gasteiger partial charge on any atom is 0.317 e. The van der Waals surface area contributed by atoms with Crippen molar-refractivity contribution in [2.24, 2.45) is 0 Å². The summed E-state index contributed by atoms with van der Waals surface area (Å²) in [6, 6.07) is 7.93. The fraction of sp³-hybridized carbons (Fsp3) is 0.579. The van der Waals surface area contributed by atoms with Gasteiger partial charge in [0.05, 0.1) is 11.4 Å². The van der Waals surface area contributed by atoms with Crippen molar-refractivity contribution in [3.05, 3.63) is 24.3 Å². The average Bonchev–Trinajstić information content (AvgIpc) is 2.63. The minimum atomic E-state index is -0.593. The molecule has 0 aliphatic carbocycles. The van der Waals surface area contributed by atoms with Gasteiger partial charge in [0.2, 0.25) is 0 Å². The lowest BCUT2D eigenvalue weighted by atomic mass is 9.83. The van der Waals surface area contributed by atoms with Gasteiger partial charge in [-0.25, -0.2) is 4.79 Å². The SMILES string of the molecule is CCCCNC(=O)N1CCC2(CC1)Nc1ccccc1N(CC)C2=O. The molecule has 0 saturated carbocycles. The summed E-state index contributed by atoms with van der Waals surface area (Å²) in [5.74, 6) is 0.125. The highest BCUT2D eigenvalue weighted by molar-refractivity contribution is 6.08. The van der Waals surface area contributed by atoms with E-state index in [-0.39, 0.29) is 11.9 Å². The maximum absolute atomic E-state index is 13.1. The number of carbonyl (C=O) groups excluding carboxylic acids is 2. The smallest absolute Gasteiger partial charge is 0.317 e. The number of nitrogens with zero attached hydrogens (tertiary/aromatic N) is 2. The molecule has 0 bridgehead atoms. The number of likely N-dealkylation sites (tertiary alicyclic amines) is 1. The largest absolute Gasteiger partial charge is 0.369 e. The van der Waals surface area contributed by atoms with E-state index >= 15 is 0 Å². The first kappa shape index (κ1) is 17.6. The van der Waals surface area contributed by atoms with Crippen LogP contribution in [0.3, 0.4) is 0 Å². The summed E-state index contributed by atoms with van der Waals surface area (Å²) in [5, 5.41) is 6.45. The molecule has 3 rings (SSSR count). The van der Waals surface area contributed by atoms with Gasteiger partial charge in [-0.2, -0.15) is 0 Å². The van der Waals surface area contributed by atoms with Crippen molar-refractivity contribution >= 4 is 23.3 Å². The highest BCUT2D eigenvalue weighted by atomic mass is 16.2. The van der Waals surface area contributed by atoms with Crippen LogP contribution in [0.15, 0.2) is 24.3 Å². The van der Waals surface area contributed by atoms with Crippen molar-refractivity contribution < 1.29 is 9.59 Å². The summed E-state index contributed by atoms with van der Waals surface area (Å²) in [7, 11) is 0. The van der Waals surface area contributed by atoms with Gasteiger partial charge in [-0.15, -0.1) is 0 Å². The minimum Gasteiger partial charge on any atom is -0.369 e. The van der Waals surface area contributed by atoms with E-state index in [0.717, 1.165) is 24.2 Å². The lowest BCUT2D eigenvalue weighted by Crippen LogP contribution is -2.62. The van der Waals surface area contributed by atoms with Crippen LogP contribution in [0.4, 0.5) is 16.2 Å². The predicted molar refractivity (Wildman–Crippen MR) is 99.9 cm³/mol. The average molecular weight is 344 g/mol. The Morgan fingerprint density at radius 3 is 2.64 bits per heavy atom. The minimum absolute atomic E-state index is 0.0145. The molecule has 136 valence electrons. The van der Waals surface area contributed by atoms with Gasteiger partial charge in [0.15, 0.2) is 0 Å². The molecule has 0 unspecified atom stereocenters. The Kier molecular flexibility index (Phi) is 5.16. The van der Waals surface area contributed by atoms with Crippen molar-refractivity contribution in [3.63, 3.8) is 0 Å². The molecule has 2 N–H and O–H groups in total. The number of benzene rings is 1. The lowest BCUT2D eigenvalue weighted by molar-refractivity contribution is -0.124. The number of urea groups is 1. The zero-order valence-corrected chi connectivity index (χ0v) is 15.2. The predicted octanol–water partition coefficient (Wildman–Crippen LogP) is 2.81. The molecular formula is C19H28N4O2. The molecule has 1 aromatic carbocycles. The van der Waals surface area contributed by atoms with Crippen LogP contribution in [0.2, 0.25) is 0 Å². The quantitative estimate of drug-likeness (QED) is 0.826. The first-order valence-electron chi connectivity index (χ1n) is 9.33. The van der Waals surface area contributed by atoms with Crippen molar-refractivity contribution in [1.29, 1.82) is 0 Å². The molecular weight excluding hydrogens is 316 g/mol. The highest BCUT2D eigenvalue weighted by Gasteiger charge is 2.47. The van der Waals surface area contributed by atoms with Gasteiger partial charge in [0, 0.05) is 26.2 Å². The second kappa shape index (κ2) is 7.33. The number of unbranched alkanes of at least 4 members (excludes halogenated alkanes) is 1. The summed E-state index contributed by atoms with van der Waals surface area (Å²) in [4.78, 5) is 29.1. The number of nitrogens with one attached hydrogen (secondary N) is 2. The monoisotopic (exact) mass is 344 g/mol. The number of likely N-dealkylation sites (N-methyl/N-ethyl adjacent to an activating group) is 1. The van der Waals surface area contributed by atoms with Crippen molar-refractivity contribution in [2.75, 3.05) is 36.4 Å². The van der Waals surface area contributed by atoms with Crippen LogP contribution in [0.5, 0.6) is 0 Å². The summed E-state index contributed by atoms with van der Waals surface area (Å²) in [6.07, 6.45) is 3.33. The van der Waals surface area contributed by atoms with Crippen LogP contribution >= 0.6 is 0 Å². The Balaban J connectivity index is 1.70. The van der Waals surface area contributed by atoms with Crippen LogP contribution in [0.1, 0.15) is 39.5 Å². The summed E-state index contributed by atoms with van der Waals surface area (Å²) >= 11 is 0. The molecule has 0 radical (unpaired) electrons. The van der Waals surface area contributed by atoms with Crippen LogP contribution in [0.25, 0.3) is 0 Å². The number of amides is 3. The van der Waals surface area contributed by atoms with Gasteiger partial charge in [0.25, 0.3) is 5.91 Å². The normalized spacial score (nSPS) is 18.7. The number of carbonyl (C=O) groups is 2. The Labute approximate surface area is 149 Å². The first-order chi connectivity index (χ1) is 12.1. The van der Waals surface area contributed by atoms with E-state index in [1.807, 2.05) is 41.0 Å². The van der Waals surface area contributed by atoms with Crippen molar-refractivity contribution in [3.8, 4) is 0 Å². The van der Waals surface area contributed by atoms with Gasteiger partial charge in [-0.05, 0) is 38.3 Å². The maximum atomic E-state index is 13.1. The van der Waals surface area contributed by atoms with E-state index in [1.165, 1.54) is 0 Å². The van der Waals surface area contributed by atoms with Gasteiger partial charge in [-0.3, -0.25) is 4.79 Å². The molecule has 2 heterocycles. The molecule has 3 amide bonds. The van der Waals surface area contributed by atoms with E-state index in [1.54, 1.807) is 0 Å². The van der Waals surface area contributed by atoms with E-state index in [0.29, 0.717) is 39.0 Å². The van der Waals surface area contributed by atoms with Crippen LogP contribution in [0, 0.1) is 0 Å². The molecule has 6 heteroatoms. The molecule has 1 saturated heterocycles. The first-order valence-corrected chi connectivity index (χ1v) is 9.33. The van der Waals surface area contributed by atoms with Crippen molar-refractivity contribution in [2.45, 2.75) is 45.1 Å². The van der Waals surface area contributed by atoms with Gasteiger partial charge in [0.1, 0.15) is 5.54 Å². The highest BCUT2D eigenvalue weighted by Crippen LogP contribution is 2.39. The second-order valence-electron chi connectivity index (χ2n) is 6.85. The second-order valence-corrected chi connectivity index (χ2v) is 6.85. The number of fused-ring (bicyclic) bond motifs is 1. The fourth-order valence-corrected chi connectivity index (χ4v) is 3.72. The van der Waals surface area contributed by atoms with Gasteiger partial charge < -0.3 is 20.4 Å². The van der Waals surface area contributed by atoms with E-state index in [2.05, 4.69) is 17.6 Å². The summed E-state index contributed by atoms with van der Waals surface area (Å²) in [6.45, 7) is 6.66. The van der Waals surface area contributed by atoms with Gasteiger partial charge in [-0.1, -0.05) is 25.5 Å². The molecule has 2 aliphatic rings. The fourth-order valence-electron chi connectivity index (χ4n) is 3.72. The zero-order chi connectivity index (χ0) is 17.9. The number of rotatable bonds is 4. The molecule has 0 aromatic heterocycles. The number of hydrogen-bond acceptors (Lipinski definition) is 3. The van der Waals surface area contributed by atoms with Crippen LogP contribution in [-0.4, -0.2) is 48.6 Å². The number of piperidine rings is 1. The Morgan fingerprint density at radius 1 is 1.24 bits per heavy atom. The van der Waals surface area contributed by atoms with E-state index in [4.69, 9.17) is 0 Å². The number of para-hydroxylation sites is 2. The third-order valence-electron chi connectivity index (χ3n) is 5.25. The Morgan fingerprint density at radius 2 is 1.96 bits per heavy atom. The van der Waals surface area contributed by atoms with Gasteiger partial charge >= 0.3 is 6.03 Å². The van der Waals surface area contributed by atoms with Crippen LogP contribution in [-0.2, 0) is 4.79 Å². The Hall–Kier alpha value is -2.24. The molecule has 2 aliphatic heterocycles. The number of hydrogen-bond donors (Lipinski definition) is 2. The van der Waals surface area contributed by atoms with Crippen LogP contribution < -0.4 is 15.5 Å². The molecule has 1 spiro atoms. The summed E-state index contributed by atoms with van der Waals surface area (Å²) < 4.78 is 0. The topological polar surface area (TPSA) is 64.7 Å². The summed E-state index contributed by atoms with van der Waals surface area (Å²) in [5.41, 5.74) is 1.36.